The highest BCUT2D eigenvalue weighted by Crippen LogP contribution is 2.23. The molecular formula is C12H14Cl2F3N3. The van der Waals surface area contributed by atoms with E-state index in [0.717, 1.165) is 5.56 Å². The lowest BCUT2D eigenvalue weighted by molar-refractivity contribution is -0.146. The van der Waals surface area contributed by atoms with Crippen molar-refractivity contribution in [1.29, 1.82) is 0 Å². The molecule has 1 aliphatic heterocycles. The van der Waals surface area contributed by atoms with Gasteiger partial charge in [-0.2, -0.15) is 13.2 Å². The summed E-state index contributed by atoms with van der Waals surface area (Å²) in [4.78, 5) is 7.55. The molecule has 20 heavy (non-hydrogen) atoms. The smallest absolute Gasteiger partial charge is 0.354 e. The second-order valence-electron chi connectivity index (χ2n) is 4.65. The molecule has 2 heterocycles. The third-order valence-electron chi connectivity index (χ3n) is 3.16. The Balaban J connectivity index is 1.97. The molecule has 0 atom stereocenters. The van der Waals surface area contributed by atoms with E-state index in [1.54, 1.807) is 6.07 Å². The van der Waals surface area contributed by atoms with E-state index in [0.29, 0.717) is 37.0 Å². The van der Waals surface area contributed by atoms with Crippen LogP contribution >= 0.6 is 23.2 Å². The molecule has 0 bridgehead atoms. The van der Waals surface area contributed by atoms with E-state index in [9.17, 15) is 13.2 Å². The Morgan fingerprint density at radius 2 is 1.85 bits per heavy atom. The van der Waals surface area contributed by atoms with Crippen LogP contribution in [0.1, 0.15) is 5.56 Å². The van der Waals surface area contributed by atoms with Gasteiger partial charge in [0.2, 0.25) is 0 Å². The standard InChI is InChI=1S/C12H14Cl2F3N3/c13-6-9-5-11(18-7-10(9)14)20-3-1-19(2-4-20)8-12(15,16)17/h5,7H,1-4,6,8H2. The van der Waals surface area contributed by atoms with Crippen LogP contribution in [0.4, 0.5) is 19.0 Å². The average molecular weight is 328 g/mol. The van der Waals surface area contributed by atoms with Gasteiger partial charge in [-0.05, 0) is 11.6 Å². The van der Waals surface area contributed by atoms with Gasteiger partial charge in [0, 0.05) is 38.3 Å². The third-order valence-corrected chi connectivity index (χ3v) is 3.79. The van der Waals surface area contributed by atoms with Crippen molar-refractivity contribution in [2.75, 3.05) is 37.6 Å². The van der Waals surface area contributed by atoms with Gasteiger partial charge < -0.3 is 4.90 Å². The molecule has 1 aromatic rings. The van der Waals surface area contributed by atoms with Crippen LogP contribution in [0.3, 0.4) is 0 Å². The van der Waals surface area contributed by atoms with Crippen LogP contribution in [-0.2, 0) is 5.88 Å². The van der Waals surface area contributed by atoms with Gasteiger partial charge in [0.1, 0.15) is 5.82 Å². The quantitative estimate of drug-likeness (QED) is 0.795. The predicted molar refractivity (Wildman–Crippen MR) is 73.5 cm³/mol. The molecule has 0 aliphatic carbocycles. The highest BCUT2D eigenvalue weighted by Gasteiger charge is 2.32. The SMILES string of the molecule is FC(F)(F)CN1CCN(c2cc(CCl)c(Cl)cn2)CC1. The van der Waals surface area contributed by atoms with E-state index >= 15 is 0 Å². The maximum Gasteiger partial charge on any atom is 0.401 e. The molecular weight excluding hydrogens is 314 g/mol. The molecule has 112 valence electrons. The predicted octanol–water partition coefficient (Wildman–Crippen LogP) is 3.16. The number of aromatic nitrogens is 1. The van der Waals surface area contributed by atoms with Crippen molar-refractivity contribution in [1.82, 2.24) is 9.88 Å². The molecule has 0 unspecified atom stereocenters. The maximum atomic E-state index is 12.3. The van der Waals surface area contributed by atoms with Crippen LogP contribution in [0.25, 0.3) is 0 Å². The monoisotopic (exact) mass is 327 g/mol. The summed E-state index contributed by atoms with van der Waals surface area (Å²) in [5.41, 5.74) is 0.774. The third kappa shape index (κ3) is 4.14. The van der Waals surface area contributed by atoms with Gasteiger partial charge in [0.15, 0.2) is 0 Å². The molecule has 1 aliphatic rings. The minimum atomic E-state index is -4.15. The average Bonchev–Trinajstić information content (AvgIpc) is 2.38. The number of piperazine rings is 1. The lowest BCUT2D eigenvalue weighted by Crippen LogP contribution is -2.49. The van der Waals surface area contributed by atoms with Gasteiger partial charge in [0.25, 0.3) is 0 Å². The van der Waals surface area contributed by atoms with Crippen LogP contribution in [0.2, 0.25) is 5.02 Å². The van der Waals surface area contributed by atoms with Gasteiger partial charge in [-0.1, -0.05) is 11.6 Å². The van der Waals surface area contributed by atoms with Gasteiger partial charge in [-0.3, -0.25) is 4.90 Å². The lowest BCUT2D eigenvalue weighted by Gasteiger charge is -2.35. The number of rotatable bonds is 3. The van der Waals surface area contributed by atoms with Gasteiger partial charge in [-0.25, -0.2) is 4.98 Å². The second-order valence-corrected chi connectivity index (χ2v) is 5.32. The zero-order valence-corrected chi connectivity index (χ0v) is 12.1. The Morgan fingerprint density at radius 1 is 1.20 bits per heavy atom. The Bertz CT molecular complexity index is 460. The summed E-state index contributed by atoms with van der Waals surface area (Å²) in [6.07, 6.45) is -2.62. The van der Waals surface area contributed by atoms with Crippen molar-refractivity contribution < 1.29 is 13.2 Å². The van der Waals surface area contributed by atoms with Crippen molar-refractivity contribution >= 4 is 29.0 Å². The lowest BCUT2D eigenvalue weighted by atomic mass is 10.2. The molecule has 2 rings (SSSR count). The van der Waals surface area contributed by atoms with Crippen LogP contribution in [0.5, 0.6) is 0 Å². The molecule has 0 saturated carbocycles. The molecule has 1 saturated heterocycles. The van der Waals surface area contributed by atoms with Crippen molar-refractivity contribution in [3.8, 4) is 0 Å². The van der Waals surface area contributed by atoms with E-state index in [-0.39, 0.29) is 5.88 Å². The number of anilines is 1. The summed E-state index contributed by atoms with van der Waals surface area (Å²) in [5.74, 6) is 0.985. The molecule has 0 spiro atoms. The number of pyridine rings is 1. The van der Waals surface area contributed by atoms with E-state index in [1.165, 1.54) is 11.1 Å². The fourth-order valence-corrected chi connectivity index (χ4v) is 2.59. The van der Waals surface area contributed by atoms with Gasteiger partial charge in [-0.15, -0.1) is 11.6 Å². The Kier molecular flexibility index (Phi) is 4.99. The van der Waals surface area contributed by atoms with E-state index in [2.05, 4.69) is 4.98 Å². The topological polar surface area (TPSA) is 19.4 Å². The molecule has 8 heteroatoms. The first-order chi connectivity index (χ1) is 9.39. The Labute approximate surface area is 125 Å². The fourth-order valence-electron chi connectivity index (χ4n) is 2.13. The number of alkyl halides is 4. The van der Waals surface area contributed by atoms with Crippen molar-refractivity contribution in [2.24, 2.45) is 0 Å². The van der Waals surface area contributed by atoms with Crippen LogP contribution in [0.15, 0.2) is 12.3 Å². The molecule has 0 radical (unpaired) electrons. The number of hydrogen-bond donors (Lipinski definition) is 0. The van der Waals surface area contributed by atoms with Crippen LogP contribution in [-0.4, -0.2) is 48.8 Å². The summed E-state index contributed by atoms with van der Waals surface area (Å²) in [6, 6.07) is 1.79. The van der Waals surface area contributed by atoms with Crippen LogP contribution in [0, 0.1) is 0 Å². The number of nitrogens with zero attached hydrogens (tertiary/aromatic N) is 3. The molecule has 1 fully saturated rings. The first-order valence-corrected chi connectivity index (χ1v) is 7.05. The minimum absolute atomic E-state index is 0.280. The van der Waals surface area contributed by atoms with E-state index in [1.807, 2.05) is 4.90 Å². The zero-order valence-electron chi connectivity index (χ0n) is 10.6. The normalized spacial score (nSPS) is 17.6. The van der Waals surface area contributed by atoms with Gasteiger partial charge >= 0.3 is 6.18 Å². The summed E-state index contributed by atoms with van der Waals surface area (Å²) in [5, 5.41) is 0.499. The summed E-state index contributed by atoms with van der Waals surface area (Å²) >= 11 is 11.7. The molecule has 0 amide bonds. The van der Waals surface area contributed by atoms with Crippen molar-refractivity contribution in [3.63, 3.8) is 0 Å². The Morgan fingerprint density at radius 3 is 2.40 bits per heavy atom. The van der Waals surface area contributed by atoms with Crippen molar-refractivity contribution in [3.05, 3.63) is 22.8 Å². The second kappa shape index (κ2) is 6.37. The molecule has 0 aromatic carbocycles. The summed E-state index contributed by atoms with van der Waals surface area (Å²) in [6.45, 7) is 0.876. The molecule has 0 N–H and O–H groups in total. The summed E-state index contributed by atoms with van der Waals surface area (Å²) in [7, 11) is 0. The van der Waals surface area contributed by atoms with Crippen LogP contribution < -0.4 is 4.90 Å². The maximum absolute atomic E-state index is 12.3. The zero-order chi connectivity index (χ0) is 14.8. The highest BCUT2D eigenvalue weighted by molar-refractivity contribution is 6.32. The van der Waals surface area contributed by atoms with E-state index < -0.39 is 12.7 Å². The number of hydrogen-bond acceptors (Lipinski definition) is 3. The molecule has 3 nitrogen and oxygen atoms in total. The first kappa shape index (κ1) is 15.7. The summed E-state index contributed by atoms with van der Waals surface area (Å²) < 4.78 is 36.9. The van der Waals surface area contributed by atoms with E-state index in [4.69, 9.17) is 23.2 Å². The fraction of sp³-hybridized carbons (Fsp3) is 0.583. The van der Waals surface area contributed by atoms with Gasteiger partial charge in [0.05, 0.1) is 11.6 Å². The first-order valence-electron chi connectivity index (χ1n) is 6.13. The minimum Gasteiger partial charge on any atom is -0.354 e. The largest absolute Gasteiger partial charge is 0.401 e. The van der Waals surface area contributed by atoms with Crippen molar-refractivity contribution in [2.45, 2.75) is 12.1 Å². The number of halogens is 5. The Hall–Kier alpha value is -0.720. The molecule has 1 aromatic heterocycles. The highest BCUT2D eigenvalue weighted by atomic mass is 35.5.